The molecule has 3 amide bonds. The number of aromatic nitrogens is 1. The largest absolute Gasteiger partial charge is 0.455 e. The van der Waals surface area contributed by atoms with Gasteiger partial charge in [-0.3, -0.25) is 24.2 Å². The fraction of sp³-hybridized carbons (Fsp3) is 0.559. The molecule has 45 heavy (non-hydrogen) atoms. The molecule has 2 fully saturated rings. The normalized spacial score (nSPS) is 31.1. The first-order valence-electron chi connectivity index (χ1n) is 16.0. The average molecular weight is 620 g/mol. The Morgan fingerprint density at radius 2 is 1.76 bits per heavy atom. The van der Waals surface area contributed by atoms with Gasteiger partial charge >= 0.3 is 5.97 Å². The maximum absolute atomic E-state index is 14.1. The molecule has 2 aliphatic heterocycles. The molecule has 1 aromatic heterocycles. The number of cyclic esters (lactones) is 1. The van der Waals surface area contributed by atoms with Crippen LogP contribution < -0.4 is 16.1 Å². The molecule has 1 spiro atoms. The molecule has 2 aromatic rings. The van der Waals surface area contributed by atoms with Gasteiger partial charge in [-0.15, -0.1) is 0 Å². The predicted octanol–water partition coefficient (Wildman–Crippen LogP) is 3.58. The number of benzene rings is 1. The number of nitrogens with zero attached hydrogens (tertiary/aromatic N) is 2. The first-order chi connectivity index (χ1) is 21.5. The Hall–Kier alpha value is -3.83. The number of amides is 3. The van der Waals surface area contributed by atoms with E-state index in [2.05, 4.69) is 16.1 Å². The number of ether oxygens (including phenoxy) is 2. The van der Waals surface area contributed by atoms with Crippen LogP contribution in [0.25, 0.3) is 17.0 Å². The van der Waals surface area contributed by atoms with Crippen LogP contribution in [0.2, 0.25) is 0 Å². The minimum atomic E-state index is -0.890. The van der Waals surface area contributed by atoms with Crippen LogP contribution in [0.3, 0.4) is 0 Å². The van der Waals surface area contributed by atoms with Crippen molar-refractivity contribution in [3.05, 3.63) is 47.7 Å². The molecule has 4 atom stereocenters. The van der Waals surface area contributed by atoms with Crippen molar-refractivity contribution >= 4 is 40.7 Å². The van der Waals surface area contributed by atoms with Gasteiger partial charge in [-0.25, -0.2) is 10.4 Å². The molecule has 3 N–H and O–H groups in total. The van der Waals surface area contributed by atoms with Gasteiger partial charge in [0.05, 0.1) is 22.7 Å². The van der Waals surface area contributed by atoms with Gasteiger partial charge in [-0.05, 0) is 76.0 Å². The second-order valence-corrected chi connectivity index (χ2v) is 12.9. The highest BCUT2D eigenvalue weighted by atomic mass is 16.5. The Morgan fingerprint density at radius 1 is 1.02 bits per heavy atom. The van der Waals surface area contributed by atoms with Crippen molar-refractivity contribution in [2.75, 3.05) is 13.7 Å². The maximum Gasteiger partial charge on any atom is 0.325 e. The number of nitrogens with one attached hydrogen (secondary N) is 3. The van der Waals surface area contributed by atoms with Gasteiger partial charge in [-0.2, -0.15) is 0 Å². The van der Waals surface area contributed by atoms with E-state index in [9.17, 15) is 19.2 Å². The summed E-state index contributed by atoms with van der Waals surface area (Å²) in [6.45, 7) is 7.49. The molecule has 11 heteroatoms. The Kier molecular flexibility index (Phi) is 9.88. The van der Waals surface area contributed by atoms with E-state index in [1.807, 2.05) is 56.3 Å². The Balaban J connectivity index is 1.53. The van der Waals surface area contributed by atoms with Crippen LogP contribution in [0.15, 0.2) is 36.4 Å². The third-order valence-corrected chi connectivity index (χ3v) is 9.35. The van der Waals surface area contributed by atoms with Crippen molar-refractivity contribution in [1.29, 1.82) is 0 Å². The summed E-state index contributed by atoms with van der Waals surface area (Å²) in [7, 11) is 1.69. The van der Waals surface area contributed by atoms with Crippen molar-refractivity contribution in [3.8, 4) is 0 Å². The Labute approximate surface area is 264 Å². The van der Waals surface area contributed by atoms with E-state index in [1.54, 1.807) is 21.0 Å². The van der Waals surface area contributed by atoms with Gasteiger partial charge in [0.2, 0.25) is 11.8 Å². The molecule has 242 valence electrons. The lowest BCUT2D eigenvalue weighted by Gasteiger charge is -2.38. The smallest absolute Gasteiger partial charge is 0.325 e. The van der Waals surface area contributed by atoms with Crippen molar-refractivity contribution in [2.45, 2.75) is 96.6 Å². The number of fused-ring (bicyclic) bond motifs is 4. The van der Waals surface area contributed by atoms with Crippen molar-refractivity contribution in [1.82, 2.24) is 26.1 Å². The number of carbonyl (C=O) groups excluding carboxylic acids is 4. The molecule has 5 bridgehead atoms. The standard InChI is InChI=1S/C34H45N5O6/c1-20(2)29-30(40)35-21(3)31(41)39-18-6-7-27(38-39)32(42)45-22(4)26-11-10-24-9-8-23(19-28(24)36-26)12-15-34(33(43)37-29)16-13-25(44-5)14-17-34/h8-12,15,19-22,25,27,29,38H,6-7,13-14,16-18H2,1-5H3,(H,35,40)(H,37,43)/b15-12+/t21-,22+,25-,27-,29-,34+/m0/s1. The summed E-state index contributed by atoms with van der Waals surface area (Å²) in [6, 6.07) is 7.25. The van der Waals surface area contributed by atoms with E-state index in [4.69, 9.17) is 14.5 Å². The summed E-state index contributed by atoms with van der Waals surface area (Å²) < 4.78 is 11.4. The van der Waals surface area contributed by atoms with Gasteiger partial charge in [-0.1, -0.05) is 44.2 Å². The fourth-order valence-corrected chi connectivity index (χ4v) is 6.40. The number of esters is 1. The number of hydrogen-bond acceptors (Lipinski definition) is 8. The molecule has 0 unspecified atom stereocenters. The topological polar surface area (TPSA) is 139 Å². The molecular weight excluding hydrogens is 574 g/mol. The summed E-state index contributed by atoms with van der Waals surface area (Å²) in [6.07, 6.45) is 7.00. The molecule has 3 aliphatic rings. The second kappa shape index (κ2) is 13.7. The lowest BCUT2D eigenvalue weighted by atomic mass is 9.71. The van der Waals surface area contributed by atoms with Crippen LogP contribution in [-0.4, -0.2) is 71.6 Å². The summed E-state index contributed by atoms with van der Waals surface area (Å²) in [5.41, 5.74) is 4.38. The molecule has 0 radical (unpaired) electrons. The molecule has 1 saturated carbocycles. The Morgan fingerprint density at radius 3 is 2.47 bits per heavy atom. The number of hydrazine groups is 1. The third kappa shape index (κ3) is 7.20. The molecule has 11 nitrogen and oxygen atoms in total. The molecule has 5 rings (SSSR count). The fourth-order valence-electron chi connectivity index (χ4n) is 6.40. The number of hydrogen-bond donors (Lipinski definition) is 3. The van der Waals surface area contributed by atoms with Gasteiger partial charge in [0.15, 0.2) is 0 Å². The first-order valence-corrected chi connectivity index (χ1v) is 16.0. The lowest BCUT2D eigenvalue weighted by Crippen LogP contribution is -2.61. The molecular formula is C34H45N5O6. The van der Waals surface area contributed by atoms with Crippen molar-refractivity contribution in [2.24, 2.45) is 11.3 Å². The van der Waals surface area contributed by atoms with E-state index in [0.717, 1.165) is 16.5 Å². The molecule has 1 saturated heterocycles. The molecule has 1 aliphatic carbocycles. The number of methoxy groups -OCH3 is 1. The number of rotatable bonds is 2. The average Bonchev–Trinajstić information content (AvgIpc) is 3.04. The highest BCUT2D eigenvalue weighted by Gasteiger charge is 2.42. The molecule has 3 heterocycles. The van der Waals surface area contributed by atoms with Gasteiger partial charge in [0, 0.05) is 19.0 Å². The highest BCUT2D eigenvalue weighted by molar-refractivity contribution is 5.94. The van der Waals surface area contributed by atoms with Crippen LogP contribution in [0.1, 0.15) is 83.6 Å². The van der Waals surface area contributed by atoms with Crippen LogP contribution in [0.4, 0.5) is 0 Å². The monoisotopic (exact) mass is 619 g/mol. The minimum absolute atomic E-state index is 0.0698. The maximum atomic E-state index is 14.1. The highest BCUT2D eigenvalue weighted by Crippen LogP contribution is 2.40. The van der Waals surface area contributed by atoms with Crippen LogP contribution in [0.5, 0.6) is 0 Å². The van der Waals surface area contributed by atoms with E-state index in [-0.39, 0.29) is 23.8 Å². The Bertz CT molecular complexity index is 1470. The van der Waals surface area contributed by atoms with E-state index < -0.39 is 41.5 Å². The zero-order valence-corrected chi connectivity index (χ0v) is 26.8. The van der Waals surface area contributed by atoms with Crippen LogP contribution in [-0.2, 0) is 28.7 Å². The van der Waals surface area contributed by atoms with Crippen molar-refractivity contribution < 1.29 is 28.7 Å². The quantitative estimate of drug-likeness (QED) is 0.434. The van der Waals surface area contributed by atoms with Crippen molar-refractivity contribution in [3.63, 3.8) is 0 Å². The van der Waals surface area contributed by atoms with Gasteiger partial charge in [0.1, 0.15) is 24.2 Å². The van der Waals surface area contributed by atoms with E-state index in [0.29, 0.717) is 50.8 Å². The van der Waals surface area contributed by atoms with Gasteiger partial charge < -0.3 is 20.1 Å². The predicted molar refractivity (Wildman–Crippen MR) is 169 cm³/mol. The third-order valence-electron chi connectivity index (χ3n) is 9.35. The van der Waals surface area contributed by atoms with E-state index in [1.165, 1.54) is 5.01 Å². The van der Waals surface area contributed by atoms with Crippen LogP contribution >= 0.6 is 0 Å². The van der Waals surface area contributed by atoms with E-state index >= 15 is 0 Å². The first kappa shape index (κ1) is 32.6. The summed E-state index contributed by atoms with van der Waals surface area (Å²) in [5.74, 6) is -1.75. The minimum Gasteiger partial charge on any atom is -0.455 e. The second-order valence-electron chi connectivity index (χ2n) is 12.9. The SMILES string of the molecule is CO[C@H]1CC[C@]2(/C=C/c3ccc4ccc(nc4c3)[C@@H](C)OC(=O)[C@@H]3CCCN(N3)C(=O)[C@H](C)NC(=O)[C@H](C(C)C)NC2=O)CC1. The molecule has 1 aromatic carbocycles. The number of carbonyl (C=O) groups is 4. The zero-order valence-electron chi connectivity index (χ0n) is 26.8. The van der Waals surface area contributed by atoms with Gasteiger partial charge in [0.25, 0.3) is 5.91 Å². The number of pyridine rings is 1. The summed E-state index contributed by atoms with van der Waals surface area (Å²) in [4.78, 5) is 59.0. The summed E-state index contributed by atoms with van der Waals surface area (Å²) in [5, 5.41) is 8.15. The lowest BCUT2D eigenvalue weighted by molar-refractivity contribution is -0.157. The van der Waals surface area contributed by atoms with Crippen LogP contribution in [0, 0.1) is 11.3 Å². The zero-order chi connectivity index (χ0) is 32.3. The summed E-state index contributed by atoms with van der Waals surface area (Å²) >= 11 is 0.